The Kier molecular flexibility index (Phi) is 2.40. The van der Waals surface area contributed by atoms with Gasteiger partial charge in [0.05, 0.1) is 12.5 Å². The van der Waals surface area contributed by atoms with Crippen LogP contribution < -0.4 is 0 Å². The number of aryl methyl sites for hydroxylation is 1. The topological polar surface area (TPSA) is 13.1 Å². The van der Waals surface area contributed by atoms with Crippen LogP contribution in [0.1, 0.15) is 24.8 Å². The molecule has 0 N–H and O–H groups in total. The lowest BCUT2D eigenvalue weighted by Crippen LogP contribution is -2.02. The highest BCUT2D eigenvalue weighted by atomic mass is 35.5. The molecule has 12 heavy (non-hydrogen) atoms. The Labute approximate surface area is 77.7 Å². The van der Waals surface area contributed by atoms with Gasteiger partial charge in [-0.3, -0.25) is 0 Å². The summed E-state index contributed by atoms with van der Waals surface area (Å²) in [6.07, 6.45) is 8.33. The predicted molar refractivity (Wildman–Crippen MR) is 49.4 cm³/mol. The molecule has 0 saturated heterocycles. The molecule has 66 valence electrons. The van der Waals surface area contributed by atoms with Crippen LogP contribution >= 0.6 is 11.6 Å². The lowest BCUT2D eigenvalue weighted by molar-refractivity contribution is 0.561. The minimum absolute atomic E-state index is 0.389. The Morgan fingerprint density at radius 3 is 3.00 bits per heavy atom. The number of hydrogen-bond acceptors (Lipinski definition) is 1. The van der Waals surface area contributed by atoms with Crippen molar-refractivity contribution in [2.24, 2.45) is 5.92 Å². The van der Waals surface area contributed by atoms with Crippen molar-refractivity contribution in [1.29, 1.82) is 0 Å². The largest absolute Gasteiger partial charge is 0.472 e. The molecule has 1 aromatic rings. The molecular weight excluding hydrogens is 172 g/mol. The summed E-state index contributed by atoms with van der Waals surface area (Å²) >= 11 is 6.16. The van der Waals surface area contributed by atoms with Crippen LogP contribution in [0, 0.1) is 5.92 Å². The van der Waals surface area contributed by atoms with Crippen LogP contribution in [-0.2, 0) is 6.42 Å². The number of halogens is 1. The number of alkyl halides is 1. The van der Waals surface area contributed by atoms with Crippen molar-refractivity contribution in [3.8, 4) is 0 Å². The van der Waals surface area contributed by atoms with Crippen LogP contribution in [0.5, 0.6) is 0 Å². The molecule has 0 aromatic carbocycles. The van der Waals surface area contributed by atoms with E-state index in [9.17, 15) is 0 Å². The van der Waals surface area contributed by atoms with Crippen LogP contribution in [0.15, 0.2) is 23.0 Å². The molecule has 0 aliphatic heterocycles. The molecule has 2 rings (SSSR count). The summed E-state index contributed by atoms with van der Waals surface area (Å²) in [6, 6.07) is 2.01. The fourth-order valence-electron chi connectivity index (χ4n) is 1.43. The molecule has 0 bridgehead atoms. The maximum absolute atomic E-state index is 6.16. The quantitative estimate of drug-likeness (QED) is 0.655. The van der Waals surface area contributed by atoms with Crippen molar-refractivity contribution >= 4 is 11.6 Å². The molecule has 1 aromatic heterocycles. The first-order valence-corrected chi connectivity index (χ1v) is 4.95. The van der Waals surface area contributed by atoms with Gasteiger partial charge in [-0.25, -0.2) is 0 Å². The summed E-state index contributed by atoms with van der Waals surface area (Å²) in [5.74, 6) is 0.804. The maximum Gasteiger partial charge on any atom is 0.0934 e. The summed E-state index contributed by atoms with van der Waals surface area (Å²) in [6.45, 7) is 0. The fourth-order valence-corrected chi connectivity index (χ4v) is 1.79. The molecular formula is C10H13ClO. The molecule has 1 aliphatic carbocycles. The molecule has 1 aliphatic rings. The molecule has 0 spiro atoms. The van der Waals surface area contributed by atoms with E-state index < -0.39 is 0 Å². The second-order valence-corrected chi connectivity index (χ2v) is 4.08. The normalized spacial score (nSPS) is 19.4. The molecule has 1 unspecified atom stereocenters. The smallest absolute Gasteiger partial charge is 0.0934 e. The molecule has 0 amide bonds. The summed E-state index contributed by atoms with van der Waals surface area (Å²) in [5.41, 5.74) is 1.27. The Hall–Kier alpha value is -0.430. The molecule has 1 fully saturated rings. The second kappa shape index (κ2) is 3.53. The van der Waals surface area contributed by atoms with Crippen molar-refractivity contribution in [2.75, 3.05) is 0 Å². The lowest BCUT2D eigenvalue weighted by Gasteiger charge is -2.04. The Morgan fingerprint density at radius 2 is 2.42 bits per heavy atom. The SMILES string of the molecule is ClC(CCc1ccoc1)C1CC1. The third kappa shape index (κ3) is 2.04. The monoisotopic (exact) mass is 184 g/mol. The second-order valence-electron chi connectivity index (χ2n) is 3.52. The average molecular weight is 185 g/mol. The van der Waals surface area contributed by atoms with E-state index in [1.165, 1.54) is 18.4 Å². The van der Waals surface area contributed by atoms with Crippen molar-refractivity contribution in [3.63, 3.8) is 0 Å². The van der Waals surface area contributed by atoms with Crippen LogP contribution in [-0.4, -0.2) is 5.38 Å². The standard InChI is InChI=1S/C10H13ClO/c11-10(9-2-3-9)4-1-8-5-6-12-7-8/h5-7,9-10H,1-4H2. The highest BCUT2D eigenvalue weighted by molar-refractivity contribution is 6.20. The van der Waals surface area contributed by atoms with Crippen molar-refractivity contribution in [3.05, 3.63) is 24.2 Å². The van der Waals surface area contributed by atoms with E-state index in [1.54, 1.807) is 12.5 Å². The third-order valence-electron chi connectivity index (χ3n) is 2.42. The Morgan fingerprint density at radius 1 is 1.58 bits per heavy atom. The van der Waals surface area contributed by atoms with E-state index in [1.807, 2.05) is 6.07 Å². The maximum atomic E-state index is 6.16. The lowest BCUT2D eigenvalue weighted by atomic mass is 10.1. The highest BCUT2D eigenvalue weighted by Gasteiger charge is 2.29. The van der Waals surface area contributed by atoms with E-state index in [2.05, 4.69) is 0 Å². The zero-order chi connectivity index (χ0) is 8.39. The molecule has 1 saturated carbocycles. The molecule has 1 atom stereocenters. The van der Waals surface area contributed by atoms with Gasteiger partial charge < -0.3 is 4.42 Å². The summed E-state index contributed by atoms with van der Waals surface area (Å²) < 4.78 is 4.98. The molecule has 1 heterocycles. The van der Waals surface area contributed by atoms with Crippen LogP contribution in [0.4, 0.5) is 0 Å². The van der Waals surface area contributed by atoms with Gasteiger partial charge >= 0.3 is 0 Å². The van der Waals surface area contributed by atoms with Crippen LogP contribution in [0.2, 0.25) is 0 Å². The third-order valence-corrected chi connectivity index (χ3v) is 3.00. The minimum atomic E-state index is 0.389. The van der Waals surface area contributed by atoms with Crippen molar-refractivity contribution in [2.45, 2.75) is 31.1 Å². The first kappa shape index (κ1) is 8.18. The van der Waals surface area contributed by atoms with Gasteiger partial charge in [-0.2, -0.15) is 0 Å². The van der Waals surface area contributed by atoms with E-state index in [0.717, 1.165) is 18.8 Å². The van der Waals surface area contributed by atoms with E-state index in [0.29, 0.717) is 5.38 Å². The Balaban J connectivity index is 1.74. The van der Waals surface area contributed by atoms with Gasteiger partial charge in [0.2, 0.25) is 0 Å². The first-order chi connectivity index (χ1) is 5.86. The fraction of sp³-hybridized carbons (Fsp3) is 0.600. The zero-order valence-electron chi connectivity index (χ0n) is 7.00. The number of furan rings is 1. The van der Waals surface area contributed by atoms with E-state index in [4.69, 9.17) is 16.0 Å². The van der Waals surface area contributed by atoms with Gasteiger partial charge in [0.15, 0.2) is 0 Å². The van der Waals surface area contributed by atoms with E-state index in [-0.39, 0.29) is 0 Å². The number of rotatable bonds is 4. The van der Waals surface area contributed by atoms with Gasteiger partial charge in [-0.15, -0.1) is 11.6 Å². The summed E-state index contributed by atoms with van der Waals surface area (Å²) in [5, 5.41) is 0.389. The summed E-state index contributed by atoms with van der Waals surface area (Å²) in [4.78, 5) is 0. The van der Waals surface area contributed by atoms with Gasteiger partial charge in [0, 0.05) is 5.38 Å². The van der Waals surface area contributed by atoms with Crippen LogP contribution in [0.3, 0.4) is 0 Å². The molecule has 1 nitrogen and oxygen atoms in total. The Bertz CT molecular complexity index is 226. The molecule has 0 radical (unpaired) electrons. The first-order valence-electron chi connectivity index (χ1n) is 4.51. The minimum Gasteiger partial charge on any atom is -0.472 e. The van der Waals surface area contributed by atoms with Gasteiger partial charge in [0.1, 0.15) is 0 Å². The van der Waals surface area contributed by atoms with Gasteiger partial charge in [0.25, 0.3) is 0 Å². The molecule has 2 heteroatoms. The highest BCUT2D eigenvalue weighted by Crippen LogP contribution is 2.37. The zero-order valence-corrected chi connectivity index (χ0v) is 7.76. The summed E-state index contributed by atoms with van der Waals surface area (Å²) in [7, 11) is 0. The van der Waals surface area contributed by atoms with Crippen LogP contribution in [0.25, 0.3) is 0 Å². The van der Waals surface area contributed by atoms with Crippen molar-refractivity contribution < 1.29 is 4.42 Å². The number of hydrogen-bond donors (Lipinski definition) is 0. The van der Waals surface area contributed by atoms with E-state index >= 15 is 0 Å². The van der Waals surface area contributed by atoms with Crippen molar-refractivity contribution in [1.82, 2.24) is 0 Å². The average Bonchev–Trinajstić information content (AvgIpc) is 2.80. The van der Waals surface area contributed by atoms with Gasteiger partial charge in [-0.05, 0) is 43.2 Å². The van der Waals surface area contributed by atoms with Gasteiger partial charge in [-0.1, -0.05) is 0 Å². The predicted octanol–water partition coefficient (Wildman–Crippen LogP) is 3.23.